The van der Waals surface area contributed by atoms with Gasteiger partial charge in [0.1, 0.15) is 0 Å². The number of carbonyl (C=O) groups excluding carboxylic acids is 2. The predicted octanol–water partition coefficient (Wildman–Crippen LogP) is -0.619. The normalized spacial score (nSPS) is 17.8. The number of hydrogen-bond acceptors (Lipinski definition) is 4. The van der Waals surface area contributed by atoms with Gasteiger partial charge in [-0.05, 0) is 19.3 Å². The van der Waals surface area contributed by atoms with Gasteiger partial charge in [0.25, 0.3) is 5.56 Å². The van der Waals surface area contributed by atoms with Gasteiger partial charge in [0, 0.05) is 44.9 Å². The van der Waals surface area contributed by atoms with E-state index in [0.29, 0.717) is 44.5 Å². The maximum Gasteiger partial charge on any atom is 0.328 e. The first-order chi connectivity index (χ1) is 11.4. The fourth-order valence-corrected chi connectivity index (χ4v) is 2.87. The summed E-state index contributed by atoms with van der Waals surface area (Å²) in [5.41, 5.74) is -0.370. The smallest absolute Gasteiger partial charge is 0.328 e. The van der Waals surface area contributed by atoms with E-state index in [9.17, 15) is 19.2 Å². The Kier molecular flexibility index (Phi) is 5.94. The molecule has 2 rings (SSSR count). The summed E-state index contributed by atoms with van der Waals surface area (Å²) in [6.45, 7) is 3.45. The van der Waals surface area contributed by atoms with Crippen LogP contribution in [-0.2, 0) is 23.1 Å². The van der Waals surface area contributed by atoms with Gasteiger partial charge >= 0.3 is 5.69 Å². The Morgan fingerprint density at radius 1 is 1.38 bits per heavy atom. The first-order valence-electron chi connectivity index (χ1n) is 8.27. The molecular formula is C16H24N4O4. The monoisotopic (exact) mass is 336 g/mol. The van der Waals surface area contributed by atoms with Crippen molar-refractivity contribution in [2.45, 2.75) is 32.6 Å². The van der Waals surface area contributed by atoms with Crippen molar-refractivity contribution in [3.8, 4) is 0 Å². The molecule has 1 fully saturated rings. The molecule has 2 N–H and O–H groups in total. The van der Waals surface area contributed by atoms with Crippen LogP contribution >= 0.6 is 0 Å². The number of nitrogens with zero attached hydrogens (tertiary/aromatic N) is 2. The van der Waals surface area contributed by atoms with Crippen molar-refractivity contribution in [2.24, 2.45) is 13.0 Å². The van der Waals surface area contributed by atoms with Crippen LogP contribution in [0.2, 0.25) is 0 Å². The topological polar surface area (TPSA) is 104 Å². The molecule has 1 saturated heterocycles. The Balaban J connectivity index is 1.87. The zero-order valence-corrected chi connectivity index (χ0v) is 14.1. The third-order valence-electron chi connectivity index (χ3n) is 4.31. The fraction of sp³-hybridized carbons (Fsp3) is 0.625. The zero-order chi connectivity index (χ0) is 17.7. The van der Waals surface area contributed by atoms with Crippen molar-refractivity contribution in [1.29, 1.82) is 0 Å². The lowest BCUT2D eigenvalue weighted by Crippen LogP contribution is -2.46. The summed E-state index contributed by atoms with van der Waals surface area (Å²) in [5.74, 6) is -0.185. The molecule has 0 spiro atoms. The quantitative estimate of drug-likeness (QED) is 0.722. The second-order valence-corrected chi connectivity index (χ2v) is 6.10. The third-order valence-corrected chi connectivity index (χ3v) is 4.31. The van der Waals surface area contributed by atoms with Gasteiger partial charge < -0.3 is 15.2 Å². The maximum absolute atomic E-state index is 12.3. The van der Waals surface area contributed by atoms with Crippen LogP contribution in [0.3, 0.4) is 0 Å². The van der Waals surface area contributed by atoms with Crippen LogP contribution in [0.25, 0.3) is 0 Å². The molecule has 1 atom stereocenters. The Bertz CT molecular complexity index is 722. The summed E-state index contributed by atoms with van der Waals surface area (Å²) in [6.07, 6.45) is 3.57. The Morgan fingerprint density at radius 2 is 2.12 bits per heavy atom. The molecule has 0 saturated carbocycles. The van der Waals surface area contributed by atoms with E-state index in [1.165, 1.54) is 13.2 Å². The molecule has 24 heavy (non-hydrogen) atoms. The minimum Gasteiger partial charge on any atom is -0.355 e. The first kappa shape index (κ1) is 18.0. The lowest BCUT2D eigenvalue weighted by molar-refractivity contribution is -0.138. The third kappa shape index (κ3) is 4.12. The van der Waals surface area contributed by atoms with Gasteiger partial charge in [-0.2, -0.15) is 0 Å². The summed E-state index contributed by atoms with van der Waals surface area (Å²) in [4.78, 5) is 51.5. The Hall–Kier alpha value is -2.38. The minimum absolute atomic E-state index is 0.0927. The average Bonchev–Trinajstić information content (AvgIpc) is 2.57. The van der Waals surface area contributed by atoms with Crippen LogP contribution in [0, 0.1) is 5.92 Å². The molecule has 132 valence electrons. The van der Waals surface area contributed by atoms with E-state index in [1.807, 2.05) is 6.92 Å². The van der Waals surface area contributed by atoms with Gasteiger partial charge in [0.15, 0.2) is 0 Å². The first-order valence-corrected chi connectivity index (χ1v) is 8.27. The number of hydrogen-bond donors (Lipinski definition) is 2. The van der Waals surface area contributed by atoms with E-state index in [2.05, 4.69) is 10.3 Å². The van der Waals surface area contributed by atoms with Gasteiger partial charge in [-0.25, -0.2) is 4.79 Å². The molecule has 0 aliphatic carbocycles. The molecule has 1 aromatic heterocycles. The molecule has 0 radical (unpaired) electrons. The number of H-pyrrole nitrogens is 1. The number of likely N-dealkylation sites (tertiary alicyclic amines) is 1. The van der Waals surface area contributed by atoms with Crippen molar-refractivity contribution >= 4 is 11.8 Å². The van der Waals surface area contributed by atoms with E-state index >= 15 is 0 Å². The van der Waals surface area contributed by atoms with E-state index in [0.717, 1.165) is 11.0 Å². The maximum atomic E-state index is 12.3. The SMILES string of the molecule is CCCN1C[C@@H](C(=O)NCCc2c[nH]c(=O)n(C)c2=O)CCC1=O. The van der Waals surface area contributed by atoms with Crippen LogP contribution in [0.4, 0.5) is 0 Å². The summed E-state index contributed by atoms with van der Waals surface area (Å²) in [5, 5.41) is 2.82. The van der Waals surface area contributed by atoms with Crippen molar-refractivity contribution < 1.29 is 9.59 Å². The number of nitrogens with one attached hydrogen (secondary N) is 2. The molecule has 0 aromatic carbocycles. The van der Waals surface area contributed by atoms with Crippen molar-refractivity contribution in [1.82, 2.24) is 19.8 Å². The molecular weight excluding hydrogens is 312 g/mol. The number of aromatic nitrogens is 2. The standard InChI is InChI=1S/C16H24N4O4/c1-3-8-20-10-12(4-5-13(20)21)14(22)17-7-6-11-9-18-16(24)19(2)15(11)23/h9,12H,3-8,10H2,1-2H3,(H,17,22)(H,18,24)/t12-/m0/s1. The minimum atomic E-state index is -0.462. The highest BCUT2D eigenvalue weighted by Crippen LogP contribution is 2.17. The van der Waals surface area contributed by atoms with Crippen molar-refractivity contribution in [3.05, 3.63) is 32.6 Å². The average molecular weight is 336 g/mol. The lowest BCUT2D eigenvalue weighted by atomic mass is 9.96. The van der Waals surface area contributed by atoms with E-state index < -0.39 is 5.69 Å². The molecule has 1 aliphatic rings. The van der Waals surface area contributed by atoms with E-state index in [4.69, 9.17) is 0 Å². The number of carbonyl (C=O) groups is 2. The fourth-order valence-electron chi connectivity index (χ4n) is 2.87. The summed E-state index contributed by atoms with van der Waals surface area (Å²) in [7, 11) is 1.41. The molecule has 2 heterocycles. The van der Waals surface area contributed by atoms with E-state index in [1.54, 1.807) is 4.90 Å². The number of amides is 2. The van der Waals surface area contributed by atoms with Crippen LogP contribution in [0.15, 0.2) is 15.8 Å². The summed E-state index contributed by atoms with van der Waals surface area (Å²) >= 11 is 0. The van der Waals surface area contributed by atoms with Gasteiger partial charge in [0.2, 0.25) is 11.8 Å². The molecule has 0 bridgehead atoms. The van der Waals surface area contributed by atoms with Crippen LogP contribution in [0.5, 0.6) is 0 Å². The highest BCUT2D eigenvalue weighted by molar-refractivity contribution is 5.83. The largest absolute Gasteiger partial charge is 0.355 e. The van der Waals surface area contributed by atoms with Gasteiger partial charge in [0.05, 0.1) is 5.92 Å². The molecule has 8 heteroatoms. The second kappa shape index (κ2) is 7.94. The zero-order valence-electron chi connectivity index (χ0n) is 14.1. The Labute approximate surface area is 139 Å². The number of rotatable bonds is 6. The molecule has 8 nitrogen and oxygen atoms in total. The Morgan fingerprint density at radius 3 is 2.83 bits per heavy atom. The predicted molar refractivity (Wildman–Crippen MR) is 88.6 cm³/mol. The molecule has 1 aliphatic heterocycles. The van der Waals surface area contributed by atoms with Crippen molar-refractivity contribution in [2.75, 3.05) is 19.6 Å². The van der Waals surface area contributed by atoms with Crippen molar-refractivity contribution in [3.63, 3.8) is 0 Å². The molecule has 2 amide bonds. The summed E-state index contributed by atoms with van der Waals surface area (Å²) < 4.78 is 1.01. The highest BCUT2D eigenvalue weighted by atomic mass is 16.2. The van der Waals surface area contributed by atoms with Crippen LogP contribution < -0.4 is 16.6 Å². The molecule has 1 aromatic rings. The number of aromatic amines is 1. The van der Waals surface area contributed by atoms with E-state index in [-0.39, 0.29) is 23.3 Å². The highest BCUT2D eigenvalue weighted by Gasteiger charge is 2.29. The second-order valence-electron chi connectivity index (χ2n) is 6.10. The van der Waals surface area contributed by atoms with Crippen LogP contribution in [0.1, 0.15) is 31.7 Å². The number of piperidine rings is 1. The van der Waals surface area contributed by atoms with Gasteiger partial charge in [-0.3, -0.25) is 19.0 Å². The summed E-state index contributed by atoms with van der Waals surface area (Å²) in [6, 6.07) is 0. The van der Waals surface area contributed by atoms with Crippen LogP contribution in [-0.4, -0.2) is 45.9 Å². The van der Waals surface area contributed by atoms with Gasteiger partial charge in [-0.15, -0.1) is 0 Å². The lowest BCUT2D eigenvalue weighted by Gasteiger charge is -2.31. The molecule has 0 unspecified atom stereocenters. The van der Waals surface area contributed by atoms with Gasteiger partial charge in [-0.1, -0.05) is 6.92 Å².